The molecule has 1 saturated heterocycles. The van der Waals surface area contributed by atoms with E-state index in [9.17, 15) is 0 Å². The van der Waals surface area contributed by atoms with Crippen LogP contribution in [0.1, 0.15) is 33.1 Å². The Morgan fingerprint density at radius 3 is 2.65 bits per heavy atom. The van der Waals surface area contributed by atoms with Gasteiger partial charge in [-0.25, -0.2) is 0 Å². The maximum absolute atomic E-state index is 5.49. The highest BCUT2D eigenvalue weighted by Gasteiger charge is 2.13. The minimum absolute atomic E-state index is 0.0555. The van der Waals surface area contributed by atoms with Crippen molar-refractivity contribution in [3.8, 4) is 0 Å². The second-order valence-electron chi connectivity index (χ2n) is 4.42. The molecule has 1 fully saturated rings. The lowest BCUT2D eigenvalue weighted by Crippen LogP contribution is -2.31. The smallest absolute Gasteiger partial charge is 0.158 e. The van der Waals surface area contributed by atoms with Crippen LogP contribution >= 0.6 is 0 Å². The van der Waals surface area contributed by atoms with E-state index in [1.807, 2.05) is 13.8 Å². The van der Waals surface area contributed by atoms with Gasteiger partial charge in [-0.15, -0.1) is 0 Å². The minimum Gasteiger partial charge on any atom is -0.381 e. The van der Waals surface area contributed by atoms with E-state index in [4.69, 9.17) is 14.2 Å². The molecule has 4 heteroatoms. The average molecular weight is 245 g/mol. The van der Waals surface area contributed by atoms with Gasteiger partial charge < -0.3 is 19.5 Å². The lowest BCUT2D eigenvalue weighted by molar-refractivity contribution is -0.138. The molecule has 0 bridgehead atoms. The predicted molar refractivity (Wildman–Crippen MR) is 68.1 cm³/mol. The van der Waals surface area contributed by atoms with Gasteiger partial charge in [0.1, 0.15) is 0 Å². The number of nitrogens with one attached hydrogen (secondary N) is 1. The first-order valence-electron chi connectivity index (χ1n) is 6.88. The second kappa shape index (κ2) is 9.83. The maximum Gasteiger partial charge on any atom is 0.158 e. The molecule has 0 amide bonds. The molecule has 0 aromatic rings. The fourth-order valence-corrected chi connectivity index (χ4v) is 2.08. The summed E-state index contributed by atoms with van der Waals surface area (Å²) in [5.41, 5.74) is 0. The van der Waals surface area contributed by atoms with Crippen molar-refractivity contribution >= 4 is 0 Å². The standard InChI is InChI=1S/C13H27NO3/c1-3-16-13(17-4-2)7-8-14-10-12-6-5-9-15-11-12/h12-14H,3-11H2,1-2H3. The summed E-state index contributed by atoms with van der Waals surface area (Å²) in [6, 6.07) is 0. The highest BCUT2D eigenvalue weighted by Crippen LogP contribution is 2.12. The molecule has 1 heterocycles. The second-order valence-corrected chi connectivity index (χ2v) is 4.42. The fourth-order valence-electron chi connectivity index (χ4n) is 2.08. The molecule has 17 heavy (non-hydrogen) atoms. The van der Waals surface area contributed by atoms with Crippen molar-refractivity contribution < 1.29 is 14.2 Å². The van der Waals surface area contributed by atoms with Crippen LogP contribution in [0.2, 0.25) is 0 Å². The summed E-state index contributed by atoms with van der Waals surface area (Å²) in [7, 11) is 0. The summed E-state index contributed by atoms with van der Waals surface area (Å²) in [6.45, 7) is 9.26. The van der Waals surface area contributed by atoms with Crippen molar-refractivity contribution in [2.75, 3.05) is 39.5 Å². The van der Waals surface area contributed by atoms with Gasteiger partial charge in [0.05, 0.1) is 6.61 Å². The topological polar surface area (TPSA) is 39.7 Å². The molecule has 0 aliphatic carbocycles. The number of rotatable bonds is 9. The zero-order chi connectivity index (χ0) is 12.3. The Kier molecular flexibility index (Phi) is 8.61. The van der Waals surface area contributed by atoms with Crippen LogP contribution in [0.3, 0.4) is 0 Å². The summed E-state index contributed by atoms with van der Waals surface area (Å²) in [6.07, 6.45) is 3.34. The predicted octanol–water partition coefficient (Wildman–Crippen LogP) is 1.79. The van der Waals surface area contributed by atoms with Crippen LogP contribution in [0, 0.1) is 5.92 Å². The van der Waals surface area contributed by atoms with Crippen LogP contribution in [-0.4, -0.2) is 45.8 Å². The van der Waals surface area contributed by atoms with E-state index < -0.39 is 0 Å². The molecule has 0 aromatic carbocycles. The SMILES string of the molecule is CCOC(CCNCC1CCCOC1)OCC. The van der Waals surface area contributed by atoms with Gasteiger partial charge in [0.15, 0.2) is 6.29 Å². The van der Waals surface area contributed by atoms with Gasteiger partial charge in [0.2, 0.25) is 0 Å². The Morgan fingerprint density at radius 2 is 2.06 bits per heavy atom. The average Bonchev–Trinajstić information content (AvgIpc) is 2.36. The Morgan fingerprint density at radius 1 is 1.29 bits per heavy atom. The van der Waals surface area contributed by atoms with E-state index in [1.165, 1.54) is 12.8 Å². The molecule has 1 aliphatic rings. The van der Waals surface area contributed by atoms with E-state index in [2.05, 4.69) is 5.32 Å². The van der Waals surface area contributed by atoms with Gasteiger partial charge in [-0.3, -0.25) is 0 Å². The highest BCUT2D eigenvalue weighted by atomic mass is 16.7. The molecule has 0 saturated carbocycles. The van der Waals surface area contributed by atoms with E-state index in [0.717, 1.165) is 32.7 Å². The summed E-state index contributed by atoms with van der Waals surface area (Å²) in [5, 5.41) is 3.46. The Labute approximate surface area is 105 Å². The molecule has 1 aliphatic heterocycles. The van der Waals surface area contributed by atoms with E-state index >= 15 is 0 Å². The number of hydrogen-bond acceptors (Lipinski definition) is 4. The first-order chi connectivity index (χ1) is 8.36. The molecule has 4 nitrogen and oxygen atoms in total. The third-order valence-electron chi connectivity index (χ3n) is 2.95. The molecule has 0 radical (unpaired) electrons. The summed E-state index contributed by atoms with van der Waals surface area (Å²) < 4.78 is 16.4. The van der Waals surface area contributed by atoms with Crippen molar-refractivity contribution in [2.45, 2.75) is 39.4 Å². The zero-order valence-corrected chi connectivity index (χ0v) is 11.2. The van der Waals surface area contributed by atoms with Crippen LogP contribution in [0.4, 0.5) is 0 Å². The third kappa shape index (κ3) is 6.99. The fraction of sp³-hybridized carbons (Fsp3) is 1.00. The molecule has 1 rings (SSSR count). The number of ether oxygens (including phenoxy) is 3. The van der Waals surface area contributed by atoms with Crippen LogP contribution in [0.15, 0.2) is 0 Å². The normalized spacial score (nSPS) is 21.0. The van der Waals surface area contributed by atoms with Crippen molar-refractivity contribution in [1.29, 1.82) is 0 Å². The van der Waals surface area contributed by atoms with E-state index in [-0.39, 0.29) is 6.29 Å². The lowest BCUT2D eigenvalue weighted by atomic mass is 10.0. The molecule has 0 spiro atoms. The Hall–Kier alpha value is -0.160. The van der Waals surface area contributed by atoms with Crippen molar-refractivity contribution in [2.24, 2.45) is 5.92 Å². The molecular formula is C13H27NO3. The van der Waals surface area contributed by atoms with Crippen molar-refractivity contribution in [1.82, 2.24) is 5.32 Å². The van der Waals surface area contributed by atoms with E-state index in [1.54, 1.807) is 0 Å². The quantitative estimate of drug-likeness (QED) is 0.496. The molecule has 1 atom stereocenters. The van der Waals surface area contributed by atoms with Gasteiger partial charge in [0.25, 0.3) is 0 Å². The highest BCUT2D eigenvalue weighted by molar-refractivity contribution is 4.66. The summed E-state index contributed by atoms with van der Waals surface area (Å²) >= 11 is 0. The molecule has 1 N–H and O–H groups in total. The monoisotopic (exact) mass is 245 g/mol. The van der Waals surface area contributed by atoms with Crippen molar-refractivity contribution in [3.63, 3.8) is 0 Å². The molecule has 1 unspecified atom stereocenters. The van der Waals surface area contributed by atoms with Gasteiger partial charge in [-0.1, -0.05) is 0 Å². The largest absolute Gasteiger partial charge is 0.381 e. The van der Waals surface area contributed by atoms with Crippen molar-refractivity contribution in [3.05, 3.63) is 0 Å². The van der Waals surface area contributed by atoms with Gasteiger partial charge in [0, 0.05) is 32.8 Å². The third-order valence-corrected chi connectivity index (χ3v) is 2.95. The zero-order valence-electron chi connectivity index (χ0n) is 11.2. The molecule has 0 aromatic heterocycles. The van der Waals surface area contributed by atoms with Crippen LogP contribution in [0.25, 0.3) is 0 Å². The van der Waals surface area contributed by atoms with Gasteiger partial charge >= 0.3 is 0 Å². The minimum atomic E-state index is -0.0555. The van der Waals surface area contributed by atoms with Gasteiger partial charge in [-0.2, -0.15) is 0 Å². The van der Waals surface area contributed by atoms with Crippen LogP contribution < -0.4 is 5.32 Å². The van der Waals surface area contributed by atoms with Crippen LogP contribution in [0.5, 0.6) is 0 Å². The summed E-state index contributed by atoms with van der Waals surface area (Å²) in [5.74, 6) is 0.682. The Bertz CT molecular complexity index is 166. The first-order valence-corrected chi connectivity index (χ1v) is 6.88. The maximum atomic E-state index is 5.49. The first kappa shape index (κ1) is 14.9. The summed E-state index contributed by atoms with van der Waals surface area (Å²) in [4.78, 5) is 0. The Balaban J connectivity index is 2.00. The van der Waals surface area contributed by atoms with Crippen LogP contribution in [-0.2, 0) is 14.2 Å². The molecule has 102 valence electrons. The number of hydrogen-bond donors (Lipinski definition) is 1. The lowest BCUT2D eigenvalue weighted by Gasteiger charge is -2.23. The molecular weight excluding hydrogens is 218 g/mol. The van der Waals surface area contributed by atoms with Gasteiger partial charge in [-0.05, 0) is 39.2 Å². The van der Waals surface area contributed by atoms with E-state index in [0.29, 0.717) is 19.1 Å².